The first-order valence-electron chi connectivity index (χ1n) is 10.2. The molecule has 2 aromatic carbocycles. The van der Waals surface area contributed by atoms with Crippen LogP contribution in [-0.2, 0) is 28.7 Å². The molecule has 2 N–H and O–H groups in total. The lowest BCUT2D eigenvalue weighted by molar-refractivity contribution is 0.481. The monoisotopic (exact) mass is 447 g/mol. The maximum absolute atomic E-state index is 11.5. The molecule has 5 rings (SSSR count). The highest BCUT2D eigenvalue weighted by molar-refractivity contribution is 7.84. The van der Waals surface area contributed by atoms with Gasteiger partial charge in [-0.05, 0) is 43.5 Å². The zero-order chi connectivity index (χ0) is 22.3. The maximum atomic E-state index is 11.5. The minimum absolute atomic E-state index is 0.0480. The molecule has 0 fully saturated rings. The lowest BCUT2D eigenvalue weighted by Crippen LogP contribution is -2.15. The third-order valence-corrected chi connectivity index (χ3v) is 6.02. The number of hydrogen-bond donors (Lipinski definition) is 2. The van der Waals surface area contributed by atoms with E-state index in [1.54, 1.807) is 6.33 Å². The summed E-state index contributed by atoms with van der Waals surface area (Å²) in [7, 11) is -4.27. The Morgan fingerprint density at radius 1 is 1.09 bits per heavy atom. The Kier molecular flexibility index (Phi) is 4.99. The van der Waals surface area contributed by atoms with Crippen molar-refractivity contribution < 1.29 is 13.0 Å². The predicted molar refractivity (Wildman–Crippen MR) is 122 cm³/mol. The van der Waals surface area contributed by atoms with Gasteiger partial charge >= 0.3 is 0 Å². The average Bonchev–Trinajstić information content (AvgIpc) is 3.19. The van der Waals surface area contributed by atoms with Crippen LogP contribution in [0.3, 0.4) is 0 Å². The van der Waals surface area contributed by atoms with E-state index in [4.69, 9.17) is 0 Å². The van der Waals surface area contributed by atoms with E-state index >= 15 is 0 Å². The second kappa shape index (κ2) is 7.85. The number of rotatable bonds is 5. The zero-order valence-corrected chi connectivity index (χ0v) is 18.2. The van der Waals surface area contributed by atoms with Gasteiger partial charge in [0.1, 0.15) is 17.4 Å². The lowest BCUT2D eigenvalue weighted by Gasteiger charge is -2.22. The van der Waals surface area contributed by atoms with Crippen LogP contribution in [0.25, 0.3) is 16.9 Å². The number of fused-ring (bicyclic) bond motifs is 3. The average molecular weight is 448 g/mol. The summed E-state index contributed by atoms with van der Waals surface area (Å²) < 4.78 is 34.4. The van der Waals surface area contributed by atoms with E-state index < -0.39 is 15.9 Å². The van der Waals surface area contributed by atoms with Crippen LogP contribution in [0, 0.1) is 6.92 Å². The fourth-order valence-electron chi connectivity index (χ4n) is 3.99. The first-order chi connectivity index (χ1) is 15.4. The Bertz CT molecular complexity index is 1430. The Hall–Kier alpha value is -3.56. The zero-order valence-electron chi connectivity index (χ0n) is 17.4. The molecule has 32 heavy (non-hydrogen) atoms. The van der Waals surface area contributed by atoms with Crippen molar-refractivity contribution in [1.29, 1.82) is 0 Å². The Labute approximate surface area is 185 Å². The number of imidazole rings is 1. The molecule has 0 atom stereocenters. The molecule has 0 aliphatic heterocycles. The summed E-state index contributed by atoms with van der Waals surface area (Å²) in [6.07, 6.45) is 5.25. The Morgan fingerprint density at radius 3 is 2.72 bits per heavy atom. The van der Waals surface area contributed by atoms with Gasteiger partial charge in [-0.3, -0.25) is 4.55 Å². The molecule has 1 aliphatic rings. The number of hydrogen-bond acceptors (Lipinski definition) is 6. The molecule has 4 aromatic rings. The van der Waals surface area contributed by atoms with Gasteiger partial charge in [-0.1, -0.05) is 30.3 Å². The number of anilines is 2. The molecule has 0 unspecified atom stereocenters. The molecule has 2 heterocycles. The van der Waals surface area contributed by atoms with Crippen molar-refractivity contribution in [2.75, 3.05) is 5.32 Å². The second-order valence-electron chi connectivity index (χ2n) is 7.80. The van der Waals surface area contributed by atoms with E-state index in [0.29, 0.717) is 11.5 Å². The Morgan fingerprint density at radius 2 is 1.94 bits per heavy atom. The van der Waals surface area contributed by atoms with Crippen LogP contribution in [0.2, 0.25) is 0 Å². The fraction of sp³-hybridized carbons (Fsp3) is 0.174. The van der Waals surface area contributed by atoms with Crippen molar-refractivity contribution >= 4 is 21.6 Å². The summed E-state index contributed by atoms with van der Waals surface area (Å²) in [4.78, 5) is 13.2. The molecule has 0 spiro atoms. The molecule has 9 heteroatoms. The molecule has 0 radical (unpaired) electrons. The van der Waals surface area contributed by atoms with Gasteiger partial charge in [-0.25, -0.2) is 15.0 Å². The first-order valence-corrected chi connectivity index (χ1v) is 11.8. The highest BCUT2D eigenvalue weighted by Gasteiger charge is 2.24. The summed E-state index contributed by atoms with van der Waals surface area (Å²) in [5, 5.41) is 3.34. The molecule has 8 nitrogen and oxygen atoms in total. The van der Waals surface area contributed by atoms with E-state index in [1.807, 2.05) is 66.2 Å². The van der Waals surface area contributed by atoms with E-state index in [1.165, 1.54) is 0 Å². The van der Waals surface area contributed by atoms with E-state index in [9.17, 15) is 13.0 Å². The van der Waals surface area contributed by atoms with Gasteiger partial charge in [0.2, 0.25) is 0 Å². The number of aromatic nitrogens is 4. The SMILES string of the molecule is Cc1cn(-c2cccc(Nc3nc(CS(=O)(=O)O)nc4c3CCc3ccccc3-4)c2)cn1. The van der Waals surface area contributed by atoms with Crippen LogP contribution in [0.5, 0.6) is 0 Å². The topological polar surface area (TPSA) is 110 Å². The van der Waals surface area contributed by atoms with E-state index in [-0.39, 0.29) is 5.82 Å². The van der Waals surface area contributed by atoms with Gasteiger partial charge in [-0.2, -0.15) is 8.42 Å². The van der Waals surface area contributed by atoms with Crippen LogP contribution < -0.4 is 5.32 Å². The third-order valence-electron chi connectivity index (χ3n) is 5.40. The van der Waals surface area contributed by atoms with Crippen LogP contribution in [0.15, 0.2) is 61.1 Å². The third kappa shape index (κ3) is 4.12. The van der Waals surface area contributed by atoms with Gasteiger partial charge in [0.05, 0.1) is 17.7 Å². The molecular weight excluding hydrogens is 426 g/mol. The van der Waals surface area contributed by atoms with Crippen LogP contribution in [0.1, 0.15) is 22.6 Å². The molecule has 0 bridgehead atoms. The standard InChI is InChI=1S/C23H21N5O3S/c1-15-12-28(14-24-15)18-7-4-6-17(11-18)25-23-20-10-9-16-5-2-3-8-19(16)22(20)26-21(27-23)13-32(29,30)31/h2-8,11-12,14H,9-10,13H2,1H3,(H,25,26,27)(H,29,30,31). The van der Waals surface area contributed by atoms with Crippen molar-refractivity contribution in [3.8, 4) is 16.9 Å². The van der Waals surface area contributed by atoms with Crippen molar-refractivity contribution in [2.45, 2.75) is 25.5 Å². The summed E-state index contributed by atoms with van der Waals surface area (Å²) in [6.45, 7) is 1.93. The molecular formula is C23H21N5O3S. The highest BCUT2D eigenvalue weighted by Crippen LogP contribution is 2.36. The minimum Gasteiger partial charge on any atom is -0.340 e. The Balaban J connectivity index is 1.59. The van der Waals surface area contributed by atoms with Gasteiger partial charge < -0.3 is 9.88 Å². The molecule has 0 saturated carbocycles. The molecule has 0 saturated heterocycles. The fourth-order valence-corrected chi connectivity index (χ4v) is 4.45. The van der Waals surface area contributed by atoms with Crippen molar-refractivity contribution in [2.24, 2.45) is 0 Å². The lowest BCUT2D eigenvalue weighted by atomic mass is 9.89. The van der Waals surface area contributed by atoms with E-state index in [2.05, 4.69) is 20.3 Å². The van der Waals surface area contributed by atoms with Crippen LogP contribution in [0.4, 0.5) is 11.5 Å². The summed E-state index contributed by atoms with van der Waals surface area (Å²) in [5.74, 6) is -0.0557. The second-order valence-corrected chi connectivity index (χ2v) is 9.25. The van der Waals surface area contributed by atoms with Crippen molar-refractivity contribution in [1.82, 2.24) is 19.5 Å². The molecule has 2 aromatic heterocycles. The van der Waals surface area contributed by atoms with Crippen molar-refractivity contribution in [3.05, 3.63) is 83.7 Å². The summed E-state index contributed by atoms with van der Waals surface area (Å²) >= 11 is 0. The quantitative estimate of drug-likeness (QED) is 0.447. The highest BCUT2D eigenvalue weighted by atomic mass is 32.2. The van der Waals surface area contributed by atoms with Gasteiger partial charge in [0, 0.05) is 28.7 Å². The minimum atomic E-state index is -4.27. The number of aryl methyl sites for hydroxylation is 2. The van der Waals surface area contributed by atoms with Gasteiger partial charge in [-0.15, -0.1) is 0 Å². The van der Waals surface area contributed by atoms with E-state index in [0.717, 1.165) is 46.6 Å². The number of nitrogens with one attached hydrogen (secondary N) is 1. The summed E-state index contributed by atoms with van der Waals surface area (Å²) in [6, 6.07) is 15.7. The predicted octanol–water partition coefficient (Wildman–Crippen LogP) is 3.87. The summed E-state index contributed by atoms with van der Waals surface area (Å²) in [5.41, 5.74) is 6.38. The van der Waals surface area contributed by atoms with Crippen LogP contribution >= 0.6 is 0 Å². The normalized spacial score (nSPS) is 12.8. The largest absolute Gasteiger partial charge is 0.340 e. The number of nitrogens with zero attached hydrogens (tertiary/aromatic N) is 4. The smallest absolute Gasteiger partial charge is 0.272 e. The van der Waals surface area contributed by atoms with Gasteiger partial charge in [0.15, 0.2) is 0 Å². The first kappa shape index (κ1) is 20.3. The molecule has 162 valence electrons. The van der Waals surface area contributed by atoms with Crippen molar-refractivity contribution in [3.63, 3.8) is 0 Å². The number of benzene rings is 2. The van der Waals surface area contributed by atoms with Gasteiger partial charge in [0.25, 0.3) is 10.1 Å². The molecule has 0 amide bonds. The molecule has 1 aliphatic carbocycles. The van der Waals surface area contributed by atoms with Crippen LogP contribution in [-0.4, -0.2) is 32.5 Å². The maximum Gasteiger partial charge on any atom is 0.272 e.